The Kier molecular flexibility index (Phi) is 5.40. The van der Waals surface area contributed by atoms with Gasteiger partial charge in [-0.05, 0) is 6.42 Å². The fraction of sp³-hybridized carbons (Fsp3) is 0.625. The first kappa shape index (κ1) is 9.76. The van der Waals surface area contributed by atoms with E-state index >= 15 is 0 Å². The van der Waals surface area contributed by atoms with Crippen LogP contribution in [0.4, 0.5) is 0 Å². The third kappa shape index (κ3) is 3.72. The van der Waals surface area contributed by atoms with Gasteiger partial charge in [0.25, 0.3) is 0 Å². The van der Waals surface area contributed by atoms with Gasteiger partial charge in [0.15, 0.2) is 5.12 Å². The molecular formula is C8H14OS. The van der Waals surface area contributed by atoms with Gasteiger partial charge in [0.1, 0.15) is 0 Å². The van der Waals surface area contributed by atoms with Crippen LogP contribution in [-0.4, -0.2) is 10.9 Å². The van der Waals surface area contributed by atoms with E-state index in [1.807, 2.05) is 13.8 Å². The summed E-state index contributed by atoms with van der Waals surface area (Å²) in [5.41, 5.74) is 0. The summed E-state index contributed by atoms with van der Waals surface area (Å²) in [6, 6.07) is 0. The van der Waals surface area contributed by atoms with Gasteiger partial charge in [-0.2, -0.15) is 0 Å². The summed E-state index contributed by atoms with van der Waals surface area (Å²) in [6.45, 7) is 7.53. The zero-order valence-electron chi connectivity index (χ0n) is 6.59. The zero-order valence-corrected chi connectivity index (χ0v) is 7.41. The minimum absolute atomic E-state index is 0.199. The summed E-state index contributed by atoms with van der Waals surface area (Å²) in [7, 11) is 0. The molecule has 1 nitrogen and oxygen atoms in total. The quantitative estimate of drug-likeness (QED) is 0.585. The maximum atomic E-state index is 11.0. The second kappa shape index (κ2) is 5.54. The van der Waals surface area contributed by atoms with Crippen molar-refractivity contribution < 1.29 is 4.79 Å². The number of hydrogen-bond donors (Lipinski definition) is 0. The van der Waals surface area contributed by atoms with Crippen molar-refractivity contribution >= 4 is 16.9 Å². The van der Waals surface area contributed by atoms with Crippen molar-refractivity contribution in [3.05, 3.63) is 12.7 Å². The number of hydrogen-bond acceptors (Lipinski definition) is 2. The molecule has 0 saturated heterocycles. The van der Waals surface area contributed by atoms with Crippen molar-refractivity contribution in [3.8, 4) is 0 Å². The first-order valence-electron chi connectivity index (χ1n) is 3.49. The SMILES string of the molecule is C=CCSC(=O)[C@@H](C)CC. The molecule has 0 amide bonds. The molecule has 0 aliphatic rings. The van der Waals surface area contributed by atoms with Gasteiger partial charge >= 0.3 is 0 Å². The Hall–Kier alpha value is -0.240. The maximum Gasteiger partial charge on any atom is 0.192 e. The van der Waals surface area contributed by atoms with Crippen molar-refractivity contribution in [2.45, 2.75) is 20.3 Å². The molecule has 0 saturated carbocycles. The molecule has 58 valence electrons. The van der Waals surface area contributed by atoms with Crippen LogP contribution in [0.5, 0.6) is 0 Å². The van der Waals surface area contributed by atoms with Gasteiger partial charge in [0, 0.05) is 11.7 Å². The molecule has 0 aromatic carbocycles. The molecular weight excluding hydrogens is 144 g/mol. The van der Waals surface area contributed by atoms with E-state index in [4.69, 9.17) is 0 Å². The summed E-state index contributed by atoms with van der Waals surface area (Å²) in [5, 5.41) is 0.280. The number of carbonyl (C=O) groups excluding carboxylic acids is 1. The molecule has 0 N–H and O–H groups in total. The minimum atomic E-state index is 0.199. The maximum absolute atomic E-state index is 11.0. The summed E-state index contributed by atoms with van der Waals surface area (Å²) in [5.74, 6) is 0.938. The van der Waals surface area contributed by atoms with Crippen LogP contribution in [0, 0.1) is 5.92 Å². The first-order valence-corrected chi connectivity index (χ1v) is 4.48. The number of thioether (sulfide) groups is 1. The van der Waals surface area contributed by atoms with E-state index in [1.54, 1.807) is 6.08 Å². The molecule has 10 heavy (non-hydrogen) atoms. The standard InChI is InChI=1S/C8H14OS/c1-4-6-10-8(9)7(3)5-2/h4,7H,1,5-6H2,2-3H3/t7-/m0/s1. The monoisotopic (exact) mass is 158 g/mol. The van der Waals surface area contributed by atoms with Gasteiger partial charge in [-0.15, -0.1) is 6.58 Å². The van der Waals surface area contributed by atoms with Crippen LogP contribution in [0.1, 0.15) is 20.3 Å². The van der Waals surface area contributed by atoms with E-state index in [0.717, 1.165) is 12.2 Å². The Balaban J connectivity index is 3.51. The third-order valence-corrected chi connectivity index (χ3v) is 2.45. The highest BCUT2D eigenvalue weighted by Gasteiger charge is 2.08. The third-order valence-electron chi connectivity index (χ3n) is 1.36. The fourth-order valence-electron chi connectivity index (χ4n) is 0.450. The molecule has 0 heterocycles. The van der Waals surface area contributed by atoms with Gasteiger partial charge in [-0.3, -0.25) is 4.79 Å². The molecule has 0 spiro atoms. The van der Waals surface area contributed by atoms with Crippen LogP contribution < -0.4 is 0 Å². The lowest BCUT2D eigenvalue weighted by atomic mass is 10.1. The highest BCUT2D eigenvalue weighted by atomic mass is 32.2. The molecule has 0 aromatic rings. The Morgan fingerprint density at radius 1 is 1.80 bits per heavy atom. The van der Waals surface area contributed by atoms with Crippen molar-refractivity contribution in [2.75, 3.05) is 5.75 Å². The number of carbonyl (C=O) groups is 1. The molecule has 0 unspecified atom stereocenters. The molecule has 0 bridgehead atoms. The predicted octanol–water partition coefficient (Wildman–Crippen LogP) is 2.48. The Morgan fingerprint density at radius 2 is 2.40 bits per heavy atom. The second-order valence-corrected chi connectivity index (χ2v) is 3.25. The molecule has 0 aliphatic carbocycles. The average Bonchev–Trinajstić information content (AvgIpc) is 1.98. The van der Waals surface area contributed by atoms with Crippen LogP contribution in [0.3, 0.4) is 0 Å². The van der Waals surface area contributed by atoms with E-state index in [1.165, 1.54) is 11.8 Å². The largest absolute Gasteiger partial charge is 0.287 e. The topological polar surface area (TPSA) is 17.1 Å². The van der Waals surface area contributed by atoms with Crippen LogP contribution in [0.25, 0.3) is 0 Å². The molecule has 0 aliphatic heterocycles. The van der Waals surface area contributed by atoms with Gasteiger partial charge in [-0.25, -0.2) is 0 Å². The van der Waals surface area contributed by atoms with Gasteiger partial charge in [-0.1, -0.05) is 31.7 Å². The Morgan fingerprint density at radius 3 is 2.80 bits per heavy atom. The van der Waals surface area contributed by atoms with Crippen molar-refractivity contribution in [1.29, 1.82) is 0 Å². The average molecular weight is 158 g/mol. The fourth-order valence-corrected chi connectivity index (χ4v) is 1.18. The van der Waals surface area contributed by atoms with E-state index in [0.29, 0.717) is 0 Å². The highest BCUT2D eigenvalue weighted by molar-refractivity contribution is 8.13. The van der Waals surface area contributed by atoms with Crippen molar-refractivity contribution in [1.82, 2.24) is 0 Å². The molecule has 1 atom stereocenters. The smallest absolute Gasteiger partial charge is 0.192 e. The highest BCUT2D eigenvalue weighted by Crippen LogP contribution is 2.13. The molecule has 2 heteroatoms. The summed E-state index contributed by atoms with van der Waals surface area (Å²) < 4.78 is 0. The van der Waals surface area contributed by atoms with Gasteiger partial charge in [0.05, 0.1) is 0 Å². The van der Waals surface area contributed by atoms with E-state index < -0.39 is 0 Å². The van der Waals surface area contributed by atoms with Crippen LogP contribution >= 0.6 is 11.8 Å². The number of rotatable bonds is 4. The van der Waals surface area contributed by atoms with Gasteiger partial charge < -0.3 is 0 Å². The Bertz CT molecular complexity index is 120. The lowest BCUT2D eigenvalue weighted by molar-refractivity contribution is -0.113. The molecule has 0 aromatic heterocycles. The minimum Gasteiger partial charge on any atom is -0.287 e. The van der Waals surface area contributed by atoms with E-state index in [-0.39, 0.29) is 11.0 Å². The van der Waals surface area contributed by atoms with E-state index in [2.05, 4.69) is 6.58 Å². The lowest BCUT2D eigenvalue weighted by Gasteiger charge is -2.03. The van der Waals surface area contributed by atoms with Crippen molar-refractivity contribution in [3.63, 3.8) is 0 Å². The first-order chi connectivity index (χ1) is 4.72. The summed E-state index contributed by atoms with van der Waals surface area (Å²) in [4.78, 5) is 11.0. The van der Waals surface area contributed by atoms with Crippen LogP contribution in [0.15, 0.2) is 12.7 Å². The van der Waals surface area contributed by atoms with Gasteiger partial charge in [0.2, 0.25) is 0 Å². The molecule has 0 fully saturated rings. The van der Waals surface area contributed by atoms with E-state index in [9.17, 15) is 4.79 Å². The van der Waals surface area contributed by atoms with Crippen molar-refractivity contribution in [2.24, 2.45) is 5.92 Å². The Labute approximate surface area is 66.9 Å². The second-order valence-electron chi connectivity index (χ2n) is 2.23. The summed E-state index contributed by atoms with van der Waals surface area (Å²) >= 11 is 1.35. The molecule has 0 rings (SSSR count). The normalized spacial score (nSPS) is 12.6. The summed E-state index contributed by atoms with van der Waals surface area (Å²) in [6.07, 6.45) is 2.69. The lowest BCUT2D eigenvalue weighted by Crippen LogP contribution is -2.04. The van der Waals surface area contributed by atoms with Crippen LogP contribution in [0.2, 0.25) is 0 Å². The van der Waals surface area contributed by atoms with Crippen LogP contribution in [-0.2, 0) is 4.79 Å². The zero-order chi connectivity index (χ0) is 7.98. The molecule has 0 radical (unpaired) electrons. The predicted molar refractivity (Wildman–Crippen MR) is 47.1 cm³/mol.